The summed E-state index contributed by atoms with van der Waals surface area (Å²) in [6.45, 7) is 5.00. The molecular weight excluding hydrogens is 358 g/mol. The Morgan fingerprint density at radius 1 is 1.44 bits per heavy atom. The summed E-state index contributed by atoms with van der Waals surface area (Å²) in [4.78, 5) is 2.42. The standard InChI is InChI=1S/C14H19Br2NO/c1-2-18-12-4-3-7-17(10-12)14-6-5-11(9-15)8-13(14)16/h5-6,8,12H,2-4,7,9-10H2,1H3. The van der Waals surface area contributed by atoms with Crippen molar-refractivity contribution < 1.29 is 4.74 Å². The van der Waals surface area contributed by atoms with E-state index >= 15 is 0 Å². The van der Waals surface area contributed by atoms with Gasteiger partial charge < -0.3 is 9.64 Å². The van der Waals surface area contributed by atoms with Gasteiger partial charge in [0.1, 0.15) is 0 Å². The number of hydrogen-bond acceptors (Lipinski definition) is 2. The Bertz CT molecular complexity index is 395. The maximum Gasteiger partial charge on any atom is 0.0750 e. The number of benzene rings is 1. The van der Waals surface area contributed by atoms with Crippen LogP contribution in [-0.2, 0) is 10.1 Å². The summed E-state index contributed by atoms with van der Waals surface area (Å²) >= 11 is 7.17. The van der Waals surface area contributed by atoms with Gasteiger partial charge in [-0.3, -0.25) is 0 Å². The molecule has 1 aromatic rings. The fraction of sp³-hybridized carbons (Fsp3) is 0.571. The first-order chi connectivity index (χ1) is 8.74. The molecular formula is C14H19Br2NO. The van der Waals surface area contributed by atoms with E-state index in [0.29, 0.717) is 6.10 Å². The van der Waals surface area contributed by atoms with Crippen molar-refractivity contribution in [1.82, 2.24) is 0 Å². The molecule has 0 N–H and O–H groups in total. The van der Waals surface area contributed by atoms with Crippen LogP contribution in [0.25, 0.3) is 0 Å². The number of rotatable bonds is 4. The molecule has 0 bridgehead atoms. The van der Waals surface area contributed by atoms with Crippen molar-refractivity contribution >= 4 is 37.5 Å². The zero-order chi connectivity index (χ0) is 13.0. The molecule has 0 aliphatic carbocycles. The van der Waals surface area contributed by atoms with Crippen LogP contribution in [-0.4, -0.2) is 25.8 Å². The predicted octanol–water partition coefficient (Wildman–Crippen LogP) is 4.35. The van der Waals surface area contributed by atoms with Gasteiger partial charge in [0, 0.05) is 29.5 Å². The SMILES string of the molecule is CCOC1CCCN(c2ccc(CBr)cc2Br)C1. The third-order valence-electron chi connectivity index (χ3n) is 3.29. The molecule has 1 saturated heterocycles. The van der Waals surface area contributed by atoms with Gasteiger partial charge in [0.2, 0.25) is 0 Å². The van der Waals surface area contributed by atoms with Gasteiger partial charge in [-0.1, -0.05) is 22.0 Å². The smallest absolute Gasteiger partial charge is 0.0750 e. The molecule has 1 fully saturated rings. The van der Waals surface area contributed by atoms with Gasteiger partial charge in [-0.2, -0.15) is 0 Å². The van der Waals surface area contributed by atoms with Crippen LogP contribution >= 0.6 is 31.9 Å². The summed E-state index contributed by atoms with van der Waals surface area (Å²) in [6.07, 6.45) is 2.77. The van der Waals surface area contributed by atoms with E-state index in [1.165, 1.54) is 28.6 Å². The second-order valence-electron chi connectivity index (χ2n) is 4.58. The minimum Gasteiger partial charge on any atom is -0.377 e. The fourth-order valence-electron chi connectivity index (χ4n) is 2.42. The molecule has 2 rings (SSSR count). The number of nitrogens with zero attached hydrogens (tertiary/aromatic N) is 1. The summed E-state index contributed by atoms with van der Waals surface area (Å²) < 4.78 is 6.93. The molecule has 1 aliphatic rings. The molecule has 1 aromatic carbocycles. The van der Waals surface area contributed by atoms with Crippen LogP contribution < -0.4 is 4.90 Å². The number of hydrogen-bond donors (Lipinski definition) is 0. The van der Waals surface area contributed by atoms with Crippen molar-refractivity contribution in [3.05, 3.63) is 28.2 Å². The molecule has 18 heavy (non-hydrogen) atoms. The van der Waals surface area contributed by atoms with E-state index < -0.39 is 0 Å². The summed E-state index contributed by atoms with van der Waals surface area (Å²) in [7, 11) is 0. The minimum absolute atomic E-state index is 0.381. The first-order valence-corrected chi connectivity index (χ1v) is 8.37. The molecule has 4 heteroatoms. The Morgan fingerprint density at radius 2 is 2.28 bits per heavy atom. The van der Waals surface area contributed by atoms with Crippen LogP contribution in [0.1, 0.15) is 25.3 Å². The molecule has 100 valence electrons. The van der Waals surface area contributed by atoms with Crippen LogP contribution in [0.4, 0.5) is 5.69 Å². The molecule has 1 atom stereocenters. The third kappa shape index (κ3) is 3.49. The van der Waals surface area contributed by atoms with Gasteiger partial charge in [-0.15, -0.1) is 0 Å². The van der Waals surface area contributed by atoms with E-state index in [-0.39, 0.29) is 0 Å². The van der Waals surface area contributed by atoms with Gasteiger partial charge in [0.15, 0.2) is 0 Å². The first-order valence-electron chi connectivity index (χ1n) is 6.45. The van der Waals surface area contributed by atoms with Crippen molar-refractivity contribution in [2.24, 2.45) is 0 Å². The van der Waals surface area contributed by atoms with Crippen LogP contribution in [0.3, 0.4) is 0 Å². The fourth-order valence-corrected chi connectivity index (χ4v) is 3.44. The minimum atomic E-state index is 0.381. The van der Waals surface area contributed by atoms with Crippen molar-refractivity contribution in [3.8, 4) is 0 Å². The van der Waals surface area contributed by atoms with E-state index in [9.17, 15) is 0 Å². The Labute approximate surface area is 126 Å². The topological polar surface area (TPSA) is 12.5 Å². The molecule has 0 saturated carbocycles. The Balaban J connectivity index is 2.10. The third-order valence-corrected chi connectivity index (χ3v) is 4.57. The Hall–Kier alpha value is -0.0600. The van der Waals surface area contributed by atoms with Gasteiger partial charge in [0.05, 0.1) is 11.8 Å². The highest BCUT2D eigenvalue weighted by Crippen LogP contribution is 2.30. The number of ether oxygens (including phenoxy) is 1. The lowest BCUT2D eigenvalue weighted by molar-refractivity contribution is 0.0526. The average molecular weight is 377 g/mol. The molecule has 0 amide bonds. The number of anilines is 1. The molecule has 0 spiro atoms. The van der Waals surface area contributed by atoms with E-state index in [1.54, 1.807) is 0 Å². The maximum atomic E-state index is 5.75. The van der Waals surface area contributed by atoms with Crippen LogP contribution in [0, 0.1) is 0 Å². The lowest BCUT2D eigenvalue weighted by Crippen LogP contribution is -2.39. The van der Waals surface area contributed by atoms with Gasteiger partial charge in [-0.25, -0.2) is 0 Å². The normalized spacial score (nSPS) is 20.2. The lowest BCUT2D eigenvalue weighted by atomic mass is 10.1. The van der Waals surface area contributed by atoms with Gasteiger partial charge in [-0.05, 0) is 53.4 Å². The quantitative estimate of drug-likeness (QED) is 0.724. The van der Waals surface area contributed by atoms with Crippen LogP contribution in [0.15, 0.2) is 22.7 Å². The van der Waals surface area contributed by atoms with Crippen molar-refractivity contribution in [3.63, 3.8) is 0 Å². The summed E-state index contributed by atoms with van der Waals surface area (Å²) in [6, 6.07) is 6.57. The first kappa shape index (κ1) is 14.4. The Kier molecular flexibility index (Phi) is 5.52. The highest BCUT2D eigenvalue weighted by atomic mass is 79.9. The molecule has 1 unspecified atom stereocenters. The molecule has 0 radical (unpaired) electrons. The van der Waals surface area contributed by atoms with E-state index in [2.05, 4.69) is 61.9 Å². The highest BCUT2D eigenvalue weighted by molar-refractivity contribution is 9.10. The monoisotopic (exact) mass is 375 g/mol. The second-order valence-corrected chi connectivity index (χ2v) is 6.00. The molecule has 0 aromatic heterocycles. The number of piperidine rings is 1. The van der Waals surface area contributed by atoms with Crippen molar-refractivity contribution in [2.45, 2.75) is 31.2 Å². The lowest BCUT2D eigenvalue weighted by Gasteiger charge is -2.34. The van der Waals surface area contributed by atoms with Crippen LogP contribution in [0.5, 0.6) is 0 Å². The van der Waals surface area contributed by atoms with E-state index in [4.69, 9.17) is 4.74 Å². The summed E-state index contributed by atoms with van der Waals surface area (Å²) in [5, 5.41) is 0.896. The van der Waals surface area contributed by atoms with Crippen LogP contribution in [0.2, 0.25) is 0 Å². The van der Waals surface area contributed by atoms with Gasteiger partial charge in [0.25, 0.3) is 0 Å². The van der Waals surface area contributed by atoms with E-state index in [0.717, 1.165) is 25.0 Å². The molecule has 2 nitrogen and oxygen atoms in total. The number of halogens is 2. The molecule has 1 heterocycles. The second kappa shape index (κ2) is 6.92. The maximum absolute atomic E-state index is 5.75. The average Bonchev–Trinajstić information content (AvgIpc) is 2.39. The predicted molar refractivity (Wildman–Crippen MR) is 83.6 cm³/mol. The van der Waals surface area contributed by atoms with Gasteiger partial charge >= 0.3 is 0 Å². The van der Waals surface area contributed by atoms with Crippen molar-refractivity contribution in [2.75, 3.05) is 24.6 Å². The Morgan fingerprint density at radius 3 is 2.94 bits per heavy atom. The number of alkyl halides is 1. The summed E-state index contributed by atoms with van der Waals surface area (Å²) in [5.74, 6) is 0. The summed E-state index contributed by atoms with van der Waals surface area (Å²) in [5.41, 5.74) is 2.58. The van der Waals surface area contributed by atoms with E-state index in [1.807, 2.05) is 0 Å². The largest absolute Gasteiger partial charge is 0.377 e. The molecule has 1 aliphatic heterocycles. The van der Waals surface area contributed by atoms with Crippen molar-refractivity contribution in [1.29, 1.82) is 0 Å². The zero-order valence-electron chi connectivity index (χ0n) is 10.7. The highest BCUT2D eigenvalue weighted by Gasteiger charge is 2.21. The zero-order valence-corrected chi connectivity index (χ0v) is 13.8.